The number of hydrogen-bond acceptors (Lipinski definition) is 3. The molecule has 3 nitrogen and oxygen atoms in total. The van der Waals surface area contributed by atoms with E-state index in [2.05, 4.69) is 6.92 Å². The van der Waals surface area contributed by atoms with Crippen molar-refractivity contribution in [3.05, 3.63) is 63.0 Å². The maximum Gasteiger partial charge on any atom is 0.200 e. The molecule has 0 saturated heterocycles. The minimum atomic E-state index is -0.0235. The number of benzene rings is 2. The first kappa shape index (κ1) is 17.6. The first-order valence-electron chi connectivity index (χ1n) is 8.58. The Kier molecular flexibility index (Phi) is 4.87. The maximum absolute atomic E-state index is 13.3. The van der Waals surface area contributed by atoms with E-state index in [0.717, 1.165) is 24.0 Å². The second-order valence-electron chi connectivity index (χ2n) is 6.59. The van der Waals surface area contributed by atoms with Crippen molar-refractivity contribution in [1.29, 1.82) is 0 Å². The summed E-state index contributed by atoms with van der Waals surface area (Å²) in [6.07, 6.45) is 1.72. The van der Waals surface area contributed by atoms with Gasteiger partial charge in [-0.1, -0.05) is 50.9 Å². The van der Waals surface area contributed by atoms with Crippen LogP contribution in [0.15, 0.2) is 45.6 Å². The van der Waals surface area contributed by atoms with Gasteiger partial charge in [0.2, 0.25) is 5.43 Å². The van der Waals surface area contributed by atoms with Crippen molar-refractivity contribution < 1.29 is 4.42 Å². The molecule has 2 N–H and O–H groups in total. The largest absolute Gasteiger partial charge is 0.460 e. The SMILES string of the molecule is CCCc1c(N)ccc2c(=O)c(-c3ccc(Cl)cc3)c(C(C)C)oc12. The molecule has 0 radical (unpaired) electrons. The quantitative estimate of drug-likeness (QED) is 0.604. The van der Waals surface area contributed by atoms with Gasteiger partial charge in [-0.05, 0) is 36.2 Å². The lowest BCUT2D eigenvalue weighted by Crippen LogP contribution is -2.11. The monoisotopic (exact) mass is 355 g/mol. The van der Waals surface area contributed by atoms with Gasteiger partial charge in [0, 0.05) is 22.2 Å². The van der Waals surface area contributed by atoms with Crippen molar-refractivity contribution in [3.63, 3.8) is 0 Å². The summed E-state index contributed by atoms with van der Waals surface area (Å²) in [6.45, 7) is 6.13. The Hall–Kier alpha value is -2.26. The van der Waals surface area contributed by atoms with E-state index >= 15 is 0 Å². The van der Waals surface area contributed by atoms with Gasteiger partial charge >= 0.3 is 0 Å². The molecule has 2 aromatic carbocycles. The molecule has 0 saturated carbocycles. The Morgan fingerprint density at radius 2 is 1.80 bits per heavy atom. The molecule has 1 aromatic heterocycles. The summed E-state index contributed by atoms with van der Waals surface area (Å²) in [5.74, 6) is 0.751. The molecule has 25 heavy (non-hydrogen) atoms. The number of hydrogen-bond donors (Lipinski definition) is 1. The van der Waals surface area contributed by atoms with Gasteiger partial charge in [-0.2, -0.15) is 0 Å². The standard InChI is InChI=1S/C21H22ClNO2/c1-4-5-15-17(23)11-10-16-19(24)18(13-6-8-14(22)9-7-13)20(12(2)3)25-21(15)16/h6-12H,4-5,23H2,1-3H3. The third-order valence-electron chi connectivity index (χ3n) is 4.38. The van der Waals surface area contributed by atoms with Crippen LogP contribution in [0.5, 0.6) is 0 Å². The zero-order valence-corrected chi connectivity index (χ0v) is 15.5. The van der Waals surface area contributed by atoms with Crippen LogP contribution in [0.4, 0.5) is 5.69 Å². The zero-order chi connectivity index (χ0) is 18.1. The predicted molar refractivity (Wildman–Crippen MR) is 105 cm³/mol. The van der Waals surface area contributed by atoms with Crippen molar-refractivity contribution >= 4 is 28.3 Å². The van der Waals surface area contributed by atoms with E-state index in [-0.39, 0.29) is 11.3 Å². The Bertz CT molecular complexity index is 972. The lowest BCUT2D eigenvalue weighted by atomic mass is 9.95. The van der Waals surface area contributed by atoms with Gasteiger partial charge in [-0.25, -0.2) is 0 Å². The Morgan fingerprint density at radius 1 is 1.12 bits per heavy atom. The van der Waals surface area contributed by atoms with Crippen LogP contribution in [-0.2, 0) is 6.42 Å². The van der Waals surface area contributed by atoms with Crippen LogP contribution in [0.3, 0.4) is 0 Å². The number of halogens is 1. The zero-order valence-electron chi connectivity index (χ0n) is 14.7. The van der Waals surface area contributed by atoms with E-state index < -0.39 is 0 Å². The second-order valence-corrected chi connectivity index (χ2v) is 7.03. The topological polar surface area (TPSA) is 56.2 Å². The van der Waals surface area contributed by atoms with Crippen molar-refractivity contribution in [3.8, 4) is 11.1 Å². The maximum atomic E-state index is 13.3. The Morgan fingerprint density at radius 3 is 2.40 bits per heavy atom. The smallest absolute Gasteiger partial charge is 0.200 e. The third-order valence-corrected chi connectivity index (χ3v) is 4.64. The summed E-state index contributed by atoms with van der Waals surface area (Å²) in [4.78, 5) is 13.3. The fourth-order valence-corrected chi connectivity index (χ4v) is 3.28. The normalized spacial score (nSPS) is 11.4. The predicted octanol–water partition coefficient (Wildman–Crippen LogP) is 5.77. The number of rotatable bonds is 4. The number of anilines is 1. The molecular formula is C21H22ClNO2. The minimum Gasteiger partial charge on any atom is -0.460 e. The van der Waals surface area contributed by atoms with Crippen LogP contribution in [0, 0.1) is 0 Å². The highest BCUT2D eigenvalue weighted by atomic mass is 35.5. The molecule has 130 valence electrons. The molecule has 0 aliphatic rings. The van der Waals surface area contributed by atoms with Crippen LogP contribution in [0.1, 0.15) is 44.4 Å². The first-order valence-corrected chi connectivity index (χ1v) is 8.95. The van der Waals surface area contributed by atoms with Crippen molar-refractivity contribution in [2.45, 2.75) is 39.5 Å². The molecule has 0 fully saturated rings. The van der Waals surface area contributed by atoms with Crippen molar-refractivity contribution in [2.75, 3.05) is 5.73 Å². The van der Waals surface area contributed by atoms with Crippen molar-refractivity contribution in [1.82, 2.24) is 0 Å². The minimum absolute atomic E-state index is 0.0235. The highest BCUT2D eigenvalue weighted by Gasteiger charge is 2.20. The molecule has 3 rings (SSSR count). The molecule has 0 bridgehead atoms. The van der Waals surface area contributed by atoms with E-state index in [1.165, 1.54) is 0 Å². The summed E-state index contributed by atoms with van der Waals surface area (Å²) >= 11 is 5.99. The first-order chi connectivity index (χ1) is 11.9. The summed E-state index contributed by atoms with van der Waals surface area (Å²) in [7, 11) is 0. The summed E-state index contributed by atoms with van der Waals surface area (Å²) in [5.41, 5.74) is 9.74. The molecule has 0 aliphatic heterocycles. The molecular weight excluding hydrogens is 334 g/mol. The number of aryl methyl sites for hydroxylation is 1. The Labute approximate surface area is 152 Å². The van der Waals surface area contributed by atoms with E-state index in [0.29, 0.717) is 33.0 Å². The van der Waals surface area contributed by atoms with Gasteiger partial charge < -0.3 is 10.2 Å². The van der Waals surface area contributed by atoms with E-state index in [9.17, 15) is 4.79 Å². The van der Waals surface area contributed by atoms with E-state index in [1.54, 1.807) is 24.3 Å². The lowest BCUT2D eigenvalue weighted by Gasteiger charge is -2.15. The van der Waals surface area contributed by atoms with E-state index in [1.807, 2.05) is 26.0 Å². The van der Waals surface area contributed by atoms with Crippen molar-refractivity contribution in [2.24, 2.45) is 0 Å². The Balaban J connectivity index is 2.40. The van der Waals surface area contributed by atoms with Gasteiger partial charge in [0.05, 0.1) is 10.9 Å². The van der Waals surface area contributed by atoms with Crippen LogP contribution in [0.25, 0.3) is 22.1 Å². The number of nitrogen functional groups attached to an aromatic ring is 1. The summed E-state index contributed by atoms with van der Waals surface area (Å²) < 4.78 is 6.27. The van der Waals surface area contributed by atoms with Gasteiger partial charge in [0.1, 0.15) is 11.3 Å². The molecule has 0 aliphatic carbocycles. The highest BCUT2D eigenvalue weighted by molar-refractivity contribution is 6.30. The lowest BCUT2D eigenvalue weighted by molar-refractivity contribution is 0.509. The summed E-state index contributed by atoms with van der Waals surface area (Å²) in [6, 6.07) is 10.9. The van der Waals surface area contributed by atoms with E-state index in [4.69, 9.17) is 21.8 Å². The third kappa shape index (κ3) is 3.16. The molecule has 0 amide bonds. The fourth-order valence-electron chi connectivity index (χ4n) is 3.15. The van der Waals surface area contributed by atoms with Gasteiger partial charge in [0.15, 0.2) is 0 Å². The second kappa shape index (κ2) is 6.93. The number of nitrogens with two attached hydrogens (primary N) is 1. The van der Waals surface area contributed by atoms with Crippen LogP contribution in [-0.4, -0.2) is 0 Å². The van der Waals surface area contributed by atoms with Crippen LogP contribution in [0.2, 0.25) is 5.02 Å². The fraction of sp³-hybridized carbons (Fsp3) is 0.286. The molecule has 0 atom stereocenters. The number of fused-ring (bicyclic) bond motifs is 1. The van der Waals surface area contributed by atoms with Gasteiger partial charge in [-0.15, -0.1) is 0 Å². The molecule has 3 aromatic rings. The summed E-state index contributed by atoms with van der Waals surface area (Å²) in [5, 5.41) is 1.21. The van der Waals surface area contributed by atoms with Gasteiger partial charge in [-0.3, -0.25) is 4.79 Å². The average molecular weight is 356 g/mol. The molecule has 4 heteroatoms. The van der Waals surface area contributed by atoms with Gasteiger partial charge in [0.25, 0.3) is 0 Å². The van der Waals surface area contributed by atoms with Crippen LogP contribution >= 0.6 is 11.6 Å². The van der Waals surface area contributed by atoms with Crippen LogP contribution < -0.4 is 11.2 Å². The highest BCUT2D eigenvalue weighted by Crippen LogP contribution is 2.33. The molecule has 0 unspecified atom stereocenters. The molecule has 1 heterocycles. The molecule has 0 spiro atoms. The average Bonchev–Trinajstić information content (AvgIpc) is 2.58.